The van der Waals surface area contributed by atoms with Gasteiger partial charge in [0.15, 0.2) is 9.84 Å². The third-order valence-corrected chi connectivity index (χ3v) is 6.20. The maximum absolute atomic E-state index is 12.4. The van der Waals surface area contributed by atoms with Gasteiger partial charge in [-0.2, -0.15) is 0 Å². The maximum Gasteiger partial charge on any atom is 0.239 e. The van der Waals surface area contributed by atoms with Gasteiger partial charge in [-0.15, -0.1) is 0 Å². The van der Waals surface area contributed by atoms with Gasteiger partial charge in [0.25, 0.3) is 0 Å². The molecule has 1 amide bonds. The third kappa shape index (κ3) is 4.18. The molecule has 0 fully saturated rings. The molecule has 0 atom stereocenters. The molecule has 0 saturated carbocycles. The number of fused-ring (bicyclic) bond motifs is 1. The van der Waals surface area contributed by atoms with Gasteiger partial charge >= 0.3 is 0 Å². The Bertz CT molecular complexity index is 1260. The number of para-hydroxylation sites is 2. The van der Waals surface area contributed by atoms with E-state index in [1.165, 1.54) is 19.2 Å². The van der Waals surface area contributed by atoms with Crippen molar-refractivity contribution in [1.82, 2.24) is 9.97 Å². The number of carbonyl (C=O) groups is 1. The number of ether oxygens (including phenoxy) is 1. The highest BCUT2D eigenvalue weighted by Crippen LogP contribution is 2.22. The summed E-state index contributed by atoms with van der Waals surface area (Å²) in [5.74, 6) is 0.00592. The molecular formula is C22H19N3O4S. The Kier molecular flexibility index (Phi) is 5.24. The molecule has 2 N–H and O–H groups in total. The summed E-state index contributed by atoms with van der Waals surface area (Å²) in [4.78, 5) is 20.1. The summed E-state index contributed by atoms with van der Waals surface area (Å²) < 4.78 is 29.9. The number of nitrogens with zero attached hydrogens (tertiary/aromatic N) is 1. The lowest BCUT2D eigenvalue weighted by atomic mass is 10.2. The highest BCUT2D eigenvalue weighted by atomic mass is 32.2. The molecule has 0 aliphatic rings. The van der Waals surface area contributed by atoms with E-state index in [2.05, 4.69) is 15.3 Å². The summed E-state index contributed by atoms with van der Waals surface area (Å²) >= 11 is 0. The van der Waals surface area contributed by atoms with Crippen molar-refractivity contribution in [3.8, 4) is 17.1 Å². The molecule has 4 rings (SSSR count). The van der Waals surface area contributed by atoms with E-state index in [-0.39, 0.29) is 4.90 Å². The molecule has 1 heterocycles. The lowest BCUT2D eigenvalue weighted by Gasteiger charge is -2.08. The number of hydrogen-bond acceptors (Lipinski definition) is 5. The predicted molar refractivity (Wildman–Crippen MR) is 115 cm³/mol. The molecule has 1 aromatic heterocycles. The highest BCUT2D eigenvalue weighted by Gasteiger charge is 2.19. The molecule has 0 aliphatic carbocycles. The van der Waals surface area contributed by atoms with E-state index in [4.69, 9.17) is 4.74 Å². The number of aromatic amines is 1. The Morgan fingerprint density at radius 2 is 1.70 bits per heavy atom. The second kappa shape index (κ2) is 8.00. The summed E-state index contributed by atoms with van der Waals surface area (Å²) in [5.41, 5.74) is 3.17. The number of benzene rings is 3. The number of carbonyl (C=O) groups excluding carboxylic acids is 1. The first-order valence-corrected chi connectivity index (χ1v) is 10.8. The van der Waals surface area contributed by atoms with E-state index in [0.29, 0.717) is 11.4 Å². The summed E-state index contributed by atoms with van der Waals surface area (Å²) in [5, 5.41) is 2.62. The quantitative estimate of drug-likeness (QED) is 0.495. The van der Waals surface area contributed by atoms with Crippen molar-refractivity contribution >= 4 is 32.5 Å². The first-order valence-electron chi connectivity index (χ1n) is 9.16. The molecular weight excluding hydrogens is 402 g/mol. The van der Waals surface area contributed by atoms with Gasteiger partial charge in [0, 0.05) is 11.3 Å². The second-order valence-electron chi connectivity index (χ2n) is 6.66. The molecule has 0 unspecified atom stereocenters. The van der Waals surface area contributed by atoms with Crippen molar-refractivity contribution in [1.29, 1.82) is 0 Å². The Morgan fingerprint density at radius 3 is 2.37 bits per heavy atom. The van der Waals surface area contributed by atoms with E-state index in [1.807, 2.05) is 36.4 Å². The zero-order chi connectivity index (χ0) is 21.1. The highest BCUT2D eigenvalue weighted by molar-refractivity contribution is 7.92. The van der Waals surface area contributed by atoms with Crippen LogP contribution in [0.4, 0.5) is 5.69 Å². The number of anilines is 1. The molecule has 0 aliphatic heterocycles. The topological polar surface area (TPSA) is 101 Å². The molecule has 8 heteroatoms. The van der Waals surface area contributed by atoms with Crippen molar-refractivity contribution in [2.24, 2.45) is 0 Å². The Hall–Kier alpha value is -3.65. The van der Waals surface area contributed by atoms with Crippen molar-refractivity contribution in [2.45, 2.75) is 4.90 Å². The van der Waals surface area contributed by atoms with E-state index < -0.39 is 21.5 Å². The van der Waals surface area contributed by atoms with E-state index in [9.17, 15) is 13.2 Å². The van der Waals surface area contributed by atoms with Crippen LogP contribution in [0.5, 0.6) is 5.75 Å². The molecule has 4 aromatic rings. The van der Waals surface area contributed by atoms with Gasteiger partial charge in [-0.3, -0.25) is 4.79 Å². The SMILES string of the molecule is COc1ccc(S(=O)(=O)CC(=O)Nc2ccc(-c3nc4ccccc4[nH]3)cc2)cc1. The van der Waals surface area contributed by atoms with Crippen molar-refractivity contribution < 1.29 is 17.9 Å². The summed E-state index contributed by atoms with van der Waals surface area (Å²) in [6.45, 7) is 0. The van der Waals surface area contributed by atoms with Crippen LogP contribution in [0.1, 0.15) is 0 Å². The number of methoxy groups -OCH3 is 1. The molecule has 0 saturated heterocycles. The van der Waals surface area contributed by atoms with Crippen molar-refractivity contribution in [3.05, 3.63) is 72.8 Å². The van der Waals surface area contributed by atoms with E-state index in [1.54, 1.807) is 24.3 Å². The minimum absolute atomic E-state index is 0.0682. The number of hydrogen-bond donors (Lipinski definition) is 2. The molecule has 3 aromatic carbocycles. The minimum atomic E-state index is -3.75. The van der Waals surface area contributed by atoms with E-state index in [0.717, 1.165) is 22.4 Å². The number of nitrogens with one attached hydrogen (secondary N) is 2. The smallest absolute Gasteiger partial charge is 0.239 e. The lowest BCUT2D eigenvalue weighted by Crippen LogP contribution is -2.23. The van der Waals surface area contributed by atoms with Crippen LogP contribution in [0.15, 0.2) is 77.7 Å². The Morgan fingerprint density at radius 1 is 1.00 bits per heavy atom. The zero-order valence-corrected chi connectivity index (χ0v) is 16.9. The number of sulfone groups is 1. The van der Waals surface area contributed by atoms with Gasteiger partial charge in [0.2, 0.25) is 5.91 Å². The molecule has 7 nitrogen and oxygen atoms in total. The molecule has 0 spiro atoms. The average Bonchev–Trinajstić information content (AvgIpc) is 3.18. The van der Waals surface area contributed by atoms with Gasteiger partial charge < -0.3 is 15.0 Å². The number of rotatable bonds is 6. The predicted octanol–water partition coefficient (Wildman–Crippen LogP) is 3.65. The lowest BCUT2D eigenvalue weighted by molar-refractivity contribution is -0.113. The van der Waals surface area contributed by atoms with Crippen LogP contribution in [0.2, 0.25) is 0 Å². The standard InChI is InChI=1S/C22H19N3O4S/c1-29-17-10-12-18(13-11-17)30(27,28)14-21(26)23-16-8-6-15(7-9-16)22-24-19-4-2-3-5-20(19)25-22/h2-13H,14H2,1H3,(H,23,26)(H,24,25). The summed E-state index contributed by atoms with van der Waals surface area (Å²) in [6, 6.07) is 20.7. The second-order valence-corrected chi connectivity index (χ2v) is 8.65. The van der Waals surface area contributed by atoms with Crippen LogP contribution in [-0.2, 0) is 14.6 Å². The summed E-state index contributed by atoms with van der Waals surface area (Å²) in [7, 11) is -2.26. The molecule has 0 bridgehead atoms. The number of H-pyrrole nitrogens is 1. The van der Waals surface area contributed by atoms with Gasteiger partial charge in [-0.1, -0.05) is 12.1 Å². The van der Waals surface area contributed by atoms with Gasteiger partial charge in [0.1, 0.15) is 17.3 Å². The maximum atomic E-state index is 12.4. The average molecular weight is 421 g/mol. The fraction of sp³-hybridized carbons (Fsp3) is 0.0909. The van der Waals surface area contributed by atoms with Gasteiger partial charge in [-0.25, -0.2) is 13.4 Å². The zero-order valence-electron chi connectivity index (χ0n) is 16.1. The first kappa shape index (κ1) is 19.7. The van der Waals surface area contributed by atoms with Crippen LogP contribution in [0.3, 0.4) is 0 Å². The largest absolute Gasteiger partial charge is 0.497 e. The minimum Gasteiger partial charge on any atom is -0.497 e. The van der Waals surface area contributed by atoms with Crippen LogP contribution in [-0.4, -0.2) is 37.2 Å². The molecule has 0 radical (unpaired) electrons. The van der Waals surface area contributed by atoms with Gasteiger partial charge in [0.05, 0.1) is 23.0 Å². The Labute approximate surface area is 173 Å². The number of amides is 1. The fourth-order valence-electron chi connectivity index (χ4n) is 3.04. The van der Waals surface area contributed by atoms with Crippen LogP contribution < -0.4 is 10.1 Å². The van der Waals surface area contributed by atoms with Crippen LogP contribution >= 0.6 is 0 Å². The van der Waals surface area contributed by atoms with Crippen molar-refractivity contribution in [2.75, 3.05) is 18.2 Å². The number of aromatic nitrogens is 2. The van der Waals surface area contributed by atoms with E-state index >= 15 is 0 Å². The molecule has 30 heavy (non-hydrogen) atoms. The number of imidazole rings is 1. The van der Waals surface area contributed by atoms with Gasteiger partial charge in [-0.05, 0) is 60.7 Å². The molecule has 152 valence electrons. The first-order chi connectivity index (χ1) is 14.4. The monoisotopic (exact) mass is 421 g/mol. The third-order valence-electron chi connectivity index (χ3n) is 4.57. The van der Waals surface area contributed by atoms with Crippen LogP contribution in [0.25, 0.3) is 22.4 Å². The Balaban J connectivity index is 1.44. The summed E-state index contributed by atoms with van der Waals surface area (Å²) in [6.07, 6.45) is 0. The normalized spacial score (nSPS) is 11.4. The fourth-order valence-corrected chi connectivity index (χ4v) is 4.17. The van der Waals surface area contributed by atoms with Crippen molar-refractivity contribution in [3.63, 3.8) is 0 Å². The van der Waals surface area contributed by atoms with Crippen LogP contribution in [0, 0.1) is 0 Å².